The molecular weight excluding hydrogens is 358 g/mol. The molecule has 1 N–H and O–H groups in total. The van der Waals surface area contributed by atoms with E-state index in [4.69, 9.17) is 13.6 Å². The first-order valence-electron chi connectivity index (χ1n) is 8.58. The summed E-state index contributed by atoms with van der Waals surface area (Å²) in [4.78, 5) is 12.7. The van der Waals surface area contributed by atoms with Crippen LogP contribution in [0.5, 0.6) is 5.75 Å². The average Bonchev–Trinajstić information content (AvgIpc) is 3.39. The lowest BCUT2D eigenvalue weighted by Gasteiger charge is -2.11. The van der Waals surface area contributed by atoms with Crippen molar-refractivity contribution < 1.29 is 18.4 Å². The number of para-hydroxylation sites is 1. The number of nitrogens with one attached hydrogen (secondary N) is 1. The number of hydrogen-bond acceptors (Lipinski definition) is 6. The van der Waals surface area contributed by atoms with Crippen molar-refractivity contribution in [1.29, 1.82) is 0 Å². The maximum absolute atomic E-state index is 12.7. The molecule has 0 fully saturated rings. The van der Waals surface area contributed by atoms with Crippen molar-refractivity contribution in [2.45, 2.75) is 6.92 Å². The minimum atomic E-state index is -0.264. The summed E-state index contributed by atoms with van der Waals surface area (Å²) in [6.45, 7) is 1.89. The Kier molecular flexibility index (Phi) is 4.63. The molecule has 1 amide bonds. The molecule has 0 saturated heterocycles. The van der Waals surface area contributed by atoms with Crippen LogP contribution < -0.4 is 10.1 Å². The fourth-order valence-electron chi connectivity index (χ4n) is 2.87. The number of methoxy groups -OCH3 is 1. The molecule has 0 unspecified atom stereocenters. The van der Waals surface area contributed by atoms with Crippen LogP contribution in [0, 0.1) is 6.92 Å². The monoisotopic (exact) mass is 375 g/mol. The summed E-state index contributed by atoms with van der Waals surface area (Å²) in [6.07, 6.45) is 1.54. The van der Waals surface area contributed by atoms with E-state index in [9.17, 15) is 4.79 Å². The zero-order chi connectivity index (χ0) is 19.5. The highest BCUT2D eigenvalue weighted by atomic mass is 16.5. The third-order valence-electron chi connectivity index (χ3n) is 4.18. The maximum atomic E-state index is 12.7. The molecule has 2 aromatic heterocycles. The number of aromatic nitrogens is 2. The van der Waals surface area contributed by atoms with E-state index >= 15 is 0 Å². The van der Waals surface area contributed by atoms with Gasteiger partial charge in [0, 0.05) is 11.3 Å². The Hall–Kier alpha value is -3.87. The number of furan rings is 1. The Labute approximate surface area is 161 Å². The van der Waals surface area contributed by atoms with Crippen LogP contribution in [0.25, 0.3) is 23.1 Å². The number of rotatable bonds is 5. The summed E-state index contributed by atoms with van der Waals surface area (Å²) in [5.41, 5.74) is 2.63. The zero-order valence-electron chi connectivity index (χ0n) is 15.3. The number of hydrogen-bond donors (Lipinski definition) is 1. The summed E-state index contributed by atoms with van der Waals surface area (Å²) < 4.78 is 16.3. The standard InChI is InChI=1S/C21H17N3O4/c1-13-6-3-9-16(18(13)26-2)19(25)22-15-8-4-7-14(12-15)20-23-24-21(28-20)17-10-5-11-27-17/h3-12H,1-2H3,(H,22,25). The topological polar surface area (TPSA) is 90.4 Å². The van der Waals surface area contributed by atoms with E-state index in [2.05, 4.69) is 15.5 Å². The van der Waals surface area contributed by atoms with E-state index in [-0.39, 0.29) is 5.91 Å². The van der Waals surface area contributed by atoms with E-state index in [0.717, 1.165) is 5.56 Å². The summed E-state index contributed by atoms with van der Waals surface area (Å²) in [6, 6.07) is 16.1. The highest BCUT2D eigenvalue weighted by molar-refractivity contribution is 6.06. The van der Waals surface area contributed by atoms with Crippen LogP contribution >= 0.6 is 0 Å². The minimum absolute atomic E-state index is 0.264. The molecule has 7 heteroatoms. The number of anilines is 1. The van der Waals surface area contributed by atoms with E-state index in [0.29, 0.717) is 40.1 Å². The SMILES string of the molecule is COc1c(C)cccc1C(=O)Nc1cccc(-c2nnc(-c3ccco3)o2)c1. The number of carbonyl (C=O) groups excluding carboxylic acids is 1. The van der Waals surface area contributed by atoms with E-state index in [1.807, 2.05) is 25.1 Å². The number of carbonyl (C=O) groups is 1. The smallest absolute Gasteiger partial charge is 0.283 e. The predicted molar refractivity (Wildman–Crippen MR) is 103 cm³/mol. The van der Waals surface area contributed by atoms with Gasteiger partial charge in [0.25, 0.3) is 11.8 Å². The van der Waals surface area contributed by atoms with Crippen LogP contribution in [0.2, 0.25) is 0 Å². The fourth-order valence-corrected chi connectivity index (χ4v) is 2.87. The summed E-state index contributed by atoms with van der Waals surface area (Å²) >= 11 is 0. The molecule has 2 heterocycles. The molecule has 0 atom stereocenters. The molecule has 2 aromatic carbocycles. The number of amides is 1. The lowest BCUT2D eigenvalue weighted by Crippen LogP contribution is -2.13. The number of nitrogens with zero attached hydrogens (tertiary/aromatic N) is 2. The van der Waals surface area contributed by atoms with Crippen LogP contribution in [-0.4, -0.2) is 23.2 Å². The van der Waals surface area contributed by atoms with Gasteiger partial charge in [-0.25, -0.2) is 0 Å². The van der Waals surface area contributed by atoms with Crippen LogP contribution in [0.15, 0.2) is 69.7 Å². The lowest BCUT2D eigenvalue weighted by molar-refractivity contribution is 0.102. The maximum Gasteiger partial charge on any atom is 0.283 e. The molecule has 0 bridgehead atoms. The zero-order valence-corrected chi connectivity index (χ0v) is 15.3. The largest absolute Gasteiger partial charge is 0.496 e. The van der Waals surface area contributed by atoms with Crippen LogP contribution in [0.4, 0.5) is 5.69 Å². The molecule has 140 valence electrons. The van der Waals surface area contributed by atoms with Crippen molar-refractivity contribution in [3.8, 4) is 28.9 Å². The van der Waals surface area contributed by atoms with Gasteiger partial charge in [0.05, 0.1) is 18.9 Å². The first-order chi connectivity index (χ1) is 13.7. The van der Waals surface area contributed by atoms with Gasteiger partial charge in [0.1, 0.15) is 5.75 Å². The lowest BCUT2D eigenvalue weighted by atomic mass is 10.1. The van der Waals surface area contributed by atoms with Crippen LogP contribution in [0.1, 0.15) is 15.9 Å². The van der Waals surface area contributed by atoms with E-state index < -0.39 is 0 Å². The summed E-state index contributed by atoms with van der Waals surface area (Å²) in [7, 11) is 1.55. The van der Waals surface area contributed by atoms with Crippen molar-refractivity contribution in [3.05, 3.63) is 72.0 Å². The number of aryl methyl sites for hydroxylation is 1. The van der Waals surface area contributed by atoms with Gasteiger partial charge in [-0.2, -0.15) is 0 Å². The summed E-state index contributed by atoms with van der Waals surface area (Å²) in [5, 5.41) is 10.9. The quantitative estimate of drug-likeness (QED) is 0.550. The molecule has 0 aliphatic carbocycles. The van der Waals surface area contributed by atoms with Crippen molar-refractivity contribution in [3.63, 3.8) is 0 Å². The van der Waals surface area contributed by atoms with Crippen LogP contribution in [-0.2, 0) is 0 Å². The Morgan fingerprint density at radius 3 is 2.64 bits per heavy atom. The third-order valence-corrected chi connectivity index (χ3v) is 4.18. The number of ether oxygens (including phenoxy) is 1. The van der Waals surface area contributed by atoms with Gasteiger partial charge in [-0.3, -0.25) is 4.79 Å². The molecule has 0 aliphatic rings. The van der Waals surface area contributed by atoms with E-state index in [1.165, 1.54) is 6.26 Å². The number of benzene rings is 2. The Morgan fingerprint density at radius 2 is 1.86 bits per heavy atom. The molecule has 0 radical (unpaired) electrons. The second-order valence-corrected chi connectivity index (χ2v) is 6.08. The molecule has 0 saturated carbocycles. The van der Waals surface area contributed by atoms with Crippen molar-refractivity contribution in [1.82, 2.24) is 10.2 Å². The average molecular weight is 375 g/mol. The molecule has 0 aliphatic heterocycles. The second-order valence-electron chi connectivity index (χ2n) is 6.08. The molecule has 28 heavy (non-hydrogen) atoms. The van der Waals surface area contributed by atoms with Crippen molar-refractivity contribution in [2.24, 2.45) is 0 Å². The van der Waals surface area contributed by atoms with Gasteiger partial charge in [0.15, 0.2) is 5.76 Å². The Balaban J connectivity index is 1.58. The van der Waals surface area contributed by atoms with Gasteiger partial charge in [-0.15, -0.1) is 10.2 Å². The van der Waals surface area contributed by atoms with Gasteiger partial charge in [-0.05, 0) is 48.9 Å². The molecule has 4 aromatic rings. The predicted octanol–water partition coefficient (Wildman–Crippen LogP) is 4.57. The normalized spacial score (nSPS) is 10.6. The minimum Gasteiger partial charge on any atom is -0.496 e. The fraction of sp³-hybridized carbons (Fsp3) is 0.0952. The second kappa shape index (κ2) is 7.40. The highest BCUT2D eigenvalue weighted by Gasteiger charge is 2.16. The van der Waals surface area contributed by atoms with Crippen molar-refractivity contribution >= 4 is 11.6 Å². The summed E-state index contributed by atoms with van der Waals surface area (Å²) in [5.74, 6) is 1.40. The van der Waals surface area contributed by atoms with Gasteiger partial charge in [-0.1, -0.05) is 18.2 Å². The highest BCUT2D eigenvalue weighted by Crippen LogP contribution is 2.27. The first-order valence-corrected chi connectivity index (χ1v) is 8.58. The Morgan fingerprint density at radius 1 is 1.04 bits per heavy atom. The third kappa shape index (κ3) is 3.37. The molecule has 7 nitrogen and oxygen atoms in total. The van der Waals surface area contributed by atoms with Crippen LogP contribution in [0.3, 0.4) is 0 Å². The Bertz CT molecular complexity index is 1120. The molecule has 4 rings (SSSR count). The van der Waals surface area contributed by atoms with Crippen molar-refractivity contribution in [2.75, 3.05) is 12.4 Å². The first kappa shape index (κ1) is 17.5. The van der Waals surface area contributed by atoms with Gasteiger partial charge < -0.3 is 18.9 Å². The molecule has 0 spiro atoms. The van der Waals surface area contributed by atoms with E-state index in [1.54, 1.807) is 43.5 Å². The van der Waals surface area contributed by atoms with Gasteiger partial charge in [0.2, 0.25) is 5.89 Å². The molecular formula is C21H17N3O4. The van der Waals surface area contributed by atoms with Gasteiger partial charge >= 0.3 is 0 Å².